The number of nitrogens with two attached hydrogens (primary N) is 1. The number of carbonyl (C=O) groups excluding carboxylic acids is 1. The quantitative estimate of drug-likeness (QED) is 0.874. The van der Waals surface area contributed by atoms with Gasteiger partial charge in [-0.15, -0.1) is 0 Å². The van der Waals surface area contributed by atoms with Gasteiger partial charge < -0.3 is 15.4 Å². The van der Waals surface area contributed by atoms with Gasteiger partial charge in [-0.05, 0) is 31.5 Å². The van der Waals surface area contributed by atoms with Crippen LogP contribution in [-0.2, 0) is 4.79 Å². The van der Waals surface area contributed by atoms with E-state index in [9.17, 15) is 4.79 Å². The predicted octanol–water partition coefficient (Wildman–Crippen LogP) is 1.59. The molecule has 5 heteroatoms. The zero-order valence-corrected chi connectivity index (χ0v) is 11.3. The van der Waals surface area contributed by atoms with Gasteiger partial charge in [0, 0.05) is 13.1 Å². The van der Waals surface area contributed by atoms with Gasteiger partial charge in [0.05, 0.1) is 17.2 Å². The van der Waals surface area contributed by atoms with Crippen molar-refractivity contribution in [1.82, 2.24) is 0 Å². The highest BCUT2D eigenvalue weighted by Gasteiger charge is 2.29. The Morgan fingerprint density at radius 1 is 1.53 bits per heavy atom. The van der Waals surface area contributed by atoms with Crippen LogP contribution in [0.2, 0.25) is 0 Å². The van der Waals surface area contributed by atoms with Gasteiger partial charge in [0.25, 0.3) is 5.91 Å². The second-order valence-electron chi connectivity index (χ2n) is 5.28. The van der Waals surface area contributed by atoms with Gasteiger partial charge in [0.15, 0.2) is 6.61 Å². The average Bonchev–Trinajstić information content (AvgIpc) is 2.42. The van der Waals surface area contributed by atoms with E-state index in [0.29, 0.717) is 11.4 Å². The van der Waals surface area contributed by atoms with Crippen LogP contribution in [0.4, 0.5) is 5.69 Å². The van der Waals surface area contributed by atoms with Gasteiger partial charge in [0.2, 0.25) is 0 Å². The molecule has 0 bridgehead atoms. The van der Waals surface area contributed by atoms with Crippen LogP contribution < -0.4 is 15.4 Å². The topological polar surface area (TPSA) is 79.3 Å². The first-order chi connectivity index (χ1) is 8.86. The van der Waals surface area contributed by atoms with E-state index in [4.69, 9.17) is 15.7 Å². The van der Waals surface area contributed by atoms with Crippen molar-refractivity contribution < 1.29 is 9.53 Å². The van der Waals surface area contributed by atoms with E-state index in [1.165, 1.54) is 0 Å². The molecule has 100 valence electrons. The number of fused-ring (bicyclic) bond motifs is 1. The molecule has 2 rings (SSSR count). The molecule has 0 aromatic heterocycles. The number of nitrogens with zero attached hydrogens (tertiary/aromatic N) is 2. The summed E-state index contributed by atoms with van der Waals surface area (Å²) in [6.07, 6.45) is 0. The van der Waals surface area contributed by atoms with Crippen molar-refractivity contribution in [3.8, 4) is 11.8 Å². The Balaban J connectivity index is 2.42. The smallest absolute Gasteiger partial charge is 0.264 e. The number of hydrogen-bond donors (Lipinski definition) is 1. The van der Waals surface area contributed by atoms with Crippen molar-refractivity contribution in [2.45, 2.75) is 19.9 Å². The molecule has 0 spiro atoms. The third-order valence-corrected chi connectivity index (χ3v) is 3.49. The SMILES string of the molecule is CN1C(=O)COc2ccc(C(N)C(C)(C)C#N)cc21. The summed E-state index contributed by atoms with van der Waals surface area (Å²) in [5.74, 6) is 0.561. The zero-order valence-electron chi connectivity index (χ0n) is 11.3. The molecule has 2 N–H and O–H groups in total. The Morgan fingerprint density at radius 3 is 2.84 bits per heavy atom. The molecule has 0 aliphatic carbocycles. The highest BCUT2D eigenvalue weighted by atomic mass is 16.5. The number of amides is 1. The van der Waals surface area contributed by atoms with E-state index >= 15 is 0 Å². The maximum absolute atomic E-state index is 11.6. The van der Waals surface area contributed by atoms with Gasteiger partial charge in [-0.1, -0.05) is 6.07 Å². The lowest BCUT2D eigenvalue weighted by Crippen LogP contribution is -2.36. The maximum atomic E-state index is 11.6. The molecule has 19 heavy (non-hydrogen) atoms. The summed E-state index contributed by atoms with van der Waals surface area (Å²) in [7, 11) is 1.70. The summed E-state index contributed by atoms with van der Waals surface area (Å²) in [6, 6.07) is 7.23. The van der Waals surface area contributed by atoms with E-state index < -0.39 is 11.5 Å². The fourth-order valence-electron chi connectivity index (χ4n) is 1.97. The predicted molar refractivity (Wildman–Crippen MR) is 71.7 cm³/mol. The number of nitriles is 1. The maximum Gasteiger partial charge on any atom is 0.264 e. The summed E-state index contributed by atoms with van der Waals surface area (Å²) >= 11 is 0. The highest BCUT2D eigenvalue weighted by molar-refractivity contribution is 5.97. The molecule has 1 heterocycles. The number of anilines is 1. The average molecular weight is 259 g/mol. The Morgan fingerprint density at radius 2 is 2.21 bits per heavy atom. The highest BCUT2D eigenvalue weighted by Crippen LogP contribution is 2.37. The Labute approximate surface area is 112 Å². The minimum Gasteiger partial charge on any atom is -0.482 e. The first-order valence-corrected chi connectivity index (χ1v) is 6.07. The second kappa shape index (κ2) is 4.56. The van der Waals surface area contributed by atoms with Crippen molar-refractivity contribution in [3.63, 3.8) is 0 Å². The molecule has 1 aliphatic rings. The van der Waals surface area contributed by atoms with E-state index in [0.717, 1.165) is 5.56 Å². The molecule has 0 radical (unpaired) electrons. The lowest BCUT2D eigenvalue weighted by atomic mass is 9.82. The van der Waals surface area contributed by atoms with Crippen molar-refractivity contribution in [2.75, 3.05) is 18.6 Å². The van der Waals surface area contributed by atoms with Crippen LogP contribution in [0.1, 0.15) is 25.5 Å². The van der Waals surface area contributed by atoms with Crippen molar-refractivity contribution >= 4 is 11.6 Å². The monoisotopic (exact) mass is 259 g/mol. The molecule has 0 saturated carbocycles. The number of hydrogen-bond acceptors (Lipinski definition) is 4. The fraction of sp³-hybridized carbons (Fsp3) is 0.429. The van der Waals surface area contributed by atoms with Gasteiger partial charge in [-0.3, -0.25) is 4.79 Å². The number of rotatable bonds is 2. The zero-order chi connectivity index (χ0) is 14.2. The van der Waals surface area contributed by atoms with Gasteiger partial charge in [-0.2, -0.15) is 5.26 Å². The molecular weight excluding hydrogens is 242 g/mol. The summed E-state index contributed by atoms with van der Waals surface area (Å²) in [4.78, 5) is 13.2. The van der Waals surface area contributed by atoms with Gasteiger partial charge in [-0.25, -0.2) is 0 Å². The number of ether oxygens (including phenoxy) is 1. The molecule has 0 fully saturated rings. The molecule has 1 aromatic carbocycles. The Bertz CT molecular complexity index is 560. The summed E-state index contributed by atoms with van der Waals surface area (Å²) in [5.41, 5.74) is 6.96. The van der Waals surface area contributed by atoms with Crippen molar-refractivity contribution in [1.29, 1.82) is 5.26 Å². The normalized spacial score (nSPS) is 16.4. The molecule has 0 saturated heterocycles. The third kappa shape index (κ3) is 2.27. The lowest BCUT2D eigenvalue weighted by Gasteiger charge is -2.29. The molecular formula is C14H17N3O2. The van der Waals surface area contributed by atoms with Crippen LogP contribution in [0.5, 0.6) is 5.75 Å². The van der Waals surface area contributed by atoms with Crippen molar-refractivity contribution in [2.24, 2.45) is 11.1 Å². The van der Waals surface area contributed by atoms with Crippen LogP contribution in [0.3, 0.4) is 0 Å². The van der Waals surface area contributed by atoms with Crippen LogP contribution >= 0.6 is 0 Å². The van der Waals surface area contributed by atoms with E-state index in [2.05, 4.69) is 6.07 Å². The van der Waals surface area contributed by atoms with E-state index in [1.54, 1.807) is 31.9 Å². The number of benzene rings is 1. The molecule has 1 unspecified atom stereocenters. The fourth-order valence-corrected chi connectivity index (χ4v) is 1.97. The van der Waals surface area contributed by atoms with Crippen molar-refractivity contribution in [3.05, 3.63) is 23.8 Å². The van der Waals surface area contributed by atoms with Crippen LogP contribution in [0.15, 0.2) is 18.2 Å². The lowest BCUT2D eigenvalue weighted by molar-refractivity contribution is -0.120. The minimum absolute atomic E-state index is 0.0542. The van der Waals surface area contributed by atoms with Gasteiger partial charge >= 0.3 is 0 Å². The largest absolute Gasteiger partial charge is 0.482 e. The summed E-state index contributed by atoms with van der Waals surface area (Å²) in [5, 5.41) is 9.14. The Kier molecular flexibility index (Phi) is 3.21. The summed E-state index contributed by atoms with van der Waals surface area (Å²) in [6.45, 7) is 3.64. The third-order valence-electron chi connectivity index (χ3n) is 3.49. The molecule has 5 nitrogen and oxygen atoms in total. The molecule has 1 aromatic rings. The van der Waals surface area contributed by atoms with E-state index in [-0.39, 0.29) is 12.5 Å². The summed E-state index contributed by atoms with van der Waals surface area (Å²) < 4.78 is 5.36. The number of carbonyl (C=O) groups is 1. The molecule has 1 aliphatic heterocycles. The number of likely N-dealkylation sites (N-methyl/N-ethyl adjacent to an activating group) is 1. The van der Waals surface area contributed by atoms with Crippen LogP contribution in [0.25, 0.3) is 0 Å². The first kappa shape index (κ1) is 13.4. The molecule has 1 atom stereocenters. The van der Waals surface area contributed by atoms with E-state index in [1.807, 2.05) is 12.1 Å². The first-order valence-electron chi connectivity index (χ1n) is 6.07. The van der Waals surface area contributed by atoms with Crippen LogP contribution in [-0.4, -0.2) is 19.6 Å². The van der Waals surface area contributed by atoms with Crippen LogP contribution in [0, 0.1) is 16.7 Å². The van der Waals surface area contributed by atoms with Gasteiger partial charge in [0.1, 0.15) is 5.75 Å². The minimum atomic E-state index is -0.674. The standard InChI is InChI=1S/C14H17N3O2/c1-14(2,8-15)13(16)9-4-5-11-10(6-9)17(3)12(18)7-19-11/h4-6,13H,7,16H2,1-3H3. The Hall–Kier alpha value is -2.06. The molecule has 1 amide bonds. The second-order valence-corrected chi connectivity index (χ2v) is 5.28.